The minimum Gasteiger partial charge on any atom is -0.656 e. The van der Waals surface area contributed by atoms with Crippen molar-refractivity contribution in [2.45, 2.75) is 48.5 Å². The Bertz CT molecular complexity index is 4620. The van der Waals surface area contributed by atoms with Crippen LogP contribution < -0.4 is 15.0 Å². The molecule has 6 aromatic heterocycles. The predicted molar refractivity (Wildman–Crippen MR) is 355 cm³/mol. The molecule has 0 saturated carbocycles. The molecule has 2 N–H and O–H groups in total. The van der Waals surface area contributed by atoms with Gasteiger partial charge in [-0.1, -0.05) is 182 Å². The zero-order valence-electron chi connectivity index (χ0n) is 49.8. The van der Waals surface area contributed by atoms with E-state index >= 15 is 0 Å². The minimum atomic E-state index is -0.125. The molecule has 0 aliphatic heterocycles. The maximum atomic E-state index is 10.0. The summed E-state index contributed by atoms with van der Waals surface area (Å²) in [7, 11) is 0. The molecule has 9 aromatic carbocycles. The number of ketones is 2. The second-order valence-electron chi connectivity index (χ2n) is 21.3. The topological polar surface area (TPSA) is 156 Å². The van der Waals surface area contributed by atoms with Gasteiger partial charge in [-0.15, -0.1) is 33.1 Å². The van der Waals surface area contributed by atoms with E-state index in [1.807, 2.05) is 36.8 Å². The molecule has 0 bridgehead atoms. The molecule has 15 aromatic rings. The quantitative estimate of drug-likeness (QED) is 0.126. The van der Waals surface area contributed by atoms with E-state index in [1.54, 1.807) is 0 Å². The molecule has 0 amide bonds. The summed E-state index contributed by atoms with van der Waals surface area (Å²) < 4.78 is 0. The number of para-hydroxylation sites is 3. The Hall–Kier alpha value is -9.02. The fourth-order valence-corrected chi connectivity index (χ4v) is 11.3. The third-order valence-corrected chi connectivity index (χ3v) is 15.0. The van der Waals surface area contributed by atoms with E-state index in [9.17, 15) is 9.59 Å². The van der Waals surface area contributed by atoms with E-state index < -0.39 is 0 Å². The maximum absolute atomic E-state index is 10.0. The van der Waals surface area contributed by atoms with Crippen LogP contribution >= 0.6 is 0 Å². The normalized spacial score (nSPS) is 11.1. The third-order valence-electron chi connectivity index (χ3n) is 15.0. The first-order valence-electron chi connectivity index (χ1n) is 28.4. The third kappa shape index (κ3) is 14.1. The number of carbonyl (C=O) groups excluding carboxylic acids is 2. The van der Waals surface area contributed by atoms with E-state index in [1.165, 1.54) is 121 Å². The number of pyridine rings is 3. The van der Waals surface area contributed by atoms with Gasteiger partial charge in [0.05, 0.1) is 28.6 Å². The van der Waals surface area contributed by atoms with Crippen LogP contribution in [0.25, 0.3) is 132 Å². The number of rotatable bonds is 5. The molecule has 449 valence electrons. The Kier molecular flexibility index (Phi) is 21.7. The number of aryl methyl sites for hydroxylation is 3. The van der Waals surface area contributed by atoms with E-state index in [0.29, 0.717) is 0 Å². The molecular formula is C76H61Ir3N6O4-3. The Morgan fingerprint density at radius 2 is 0.573 bits per heavy atom. The predicted octanol–water partition coefficient (Wildman–Crippen LogP) is 18.5. The second kappa shape index (κ2) is 29.3. The summed E-state index contributed by atoms with van der Waals surface area (Å²) in [5.74, 6) is -0.125. The van der Waals surface area contributed by atoms with Crippen molar-refractivity contribution >= 4 is 109 Å². The number of hydrogen-bond acceptors (Lipinski definition) is 7. The summed E-state index contributed by atoms with van der Waals surface area (Å²) in [6.45, 7) is 12.1. The van der Waals surface area contributed by atoms with Crippen molar-refractivity contribution in [2.75, 3.05) is 0 Å². The molecular weight excluding hydrogens is 1640 g/mol. The van der Waals surface area contributed by atoms with E-state index in [0.717, 1.165) is 66.9 Å². The van der Waals surface area contributed by atoms with Crippen LogP contribution in [0.1, 0.15) is 44.4 Å². The molecule has 13 heteroatoms. The van der Waals surface area contributed by atoms with Crippen LogP contribution in [-0.2, 0) is 69.9 Å². The Balaban J connectivity index is 0.000000153. The second-order valence-corrected chi connectivity index (χ2v) is 21.3. The Morgan fingerprint density at radius 3 is 0.820 bits per heavy atom. The van der Waals surface area contributed by atoms with Gasteiger partial charge in [0.2, 0.25) is 0 Å². The molecule has 15 rings (SSSR count). The van der Waals surface area contributed by atoms with Gasteiger partial charge in [0, 0.05) is 107 Å². The number of benzene rings is 9. The van der Waals surface area contributed by atoms with Crippen LogP contribution in [0.4, 0.5) is 0 Å². The molecule has 0 unspecified atom stereocenters. The molecule has 89 heavy (non-hydrogen) atoms. The van der Waals surface area contributed by atoms with Crippen molar-refractivity contribution < 1.29 is 80.1 Å². The van der Waals surface area contributed by atoms with Gasteiger partial charge in [-0.25, -0.2) is 0 Å². The number of allylic oxidation sites excluding steroid dienone is 4. The van der Waals surface area contributed by atoms with Gasteiger partial charge < -0.3 is 25.2 Å². The smallest absolute Gasteiger partial charge is 0.155 e. The fraction of sp³-hybridized carbons (Fsp3) is 0.0921. The van der Waals surface area contributed by atoms with Crippen molar-refractivity contribution in [3.05, 3.63) is 259 Å². The van der Waals surface area contributed by atoms with Crippen molar-refractivity contribution in [3.63, 3.8) is 0 Å². The molecule has 0 aliphatic carbocycles. The van der Waals surface area contributed by atoms with Crippen molar-refractivity contribution in [3.8, 4) is 33.8 Å². The van der Waals surface area contributed by atoms with Gasteiger partial charge in [-0.3, -0.25) is 24.5 Å². The molecule has 0 spiro atoms. The van der Waals surface area contributed by atoms with Crippen molar-refractivity contribution in [1.82, 2.24) is 29.9 Å². The Labute approximate surface area is 556 Å². The van der Waals surface area contributed by atoms with Gasteiger partial charge in [0.15, 0.2) is 11.6 Å². The zero-order valence-corrected chi connectivity index (χ0v) is 57.0. The van der Waals surface area contributed by atoms with Gasteiger partial charge in [-0.05, 0) is 149 Å². The van der Waals surface area contributed by atoms with Gasteiger partial charge in [0.25, 0.3) is 0 Å². The van der Waals surface area contributed by atoms with Crippen LogP contribution in [0.5, 0.6) is 0 Å². The summed E-state index contributed by atoms with van der Waals surface area (Å²) in [5, 5.41) is 31.0. The number of fused-ring (bicyclic) bond motifs is 12. The van der Waals surface area contributed by atoms with E-state index in [2.05, 4.69) is 203 Å². The van der Waals surface area contributed by atoms with Crippen LogP contribution in [0.3, 0.4) is 0 Å². The average molecular weight is 1700 g/mol. The van der Waals surface area contributed by atoms with Gasteiger partial charge in [0.1, 0.15) is 0 Å². The minimum absolute atomic E-state index is 0. The first kappa shape index (κ1) is 65.9. The van der Waals surface area contributed by atoms with Crippen molar-refractivity contribution in [2.24, 2.45) is 0 Å². The number of aliphatic hydroxyl groups is 2. The summed E-state index contributed by atoms with van der Waals surface area (Å²) >= 11 is 0. The molecule has 0 saturated heterocycles. The molecule has 10 nitrogen and oxygen atoms in total. The number of hydrogen-bond donors (Lipinski definition) is 2. The SMILES string of the molecule is CC(=O)C=C(C)O.CC(=O)C=C(C)O.Cc1ccc2c([n-]c3ccccc32)c1-c1nccc2ccccc12.Cc1ccc2c([n-]c3ccccc32)c1-c1nccc2ccccc12.Cc1ccc2c([n-]c3ccccc32)c1-c1nccc2ccccc12.[Ir].[Ir].[Ir]. The van der Waals surface area contributed by atoms with Crippen LogP contribution in [0, 0.1) is 20.8 Å². The summed E-state index contributed by atoms with van der Waals surface area (Å²) in [4.78, 5) is 48.9. The molecule has 0 atom stereocenters. The maximum Gasteiger partial charge on any atom is 0.155 e. The average Bonchev–Trinajstić information content (AvgIpc) is 1.72. The number of aliphatic hydroxyl groups excluding tert-OH is 2. The van der Waals surface area contributed by atoms with Gasteiger partial charge in [-0.2, -0.15) is 0 Å². The summed E-state index contributed by atoms with van der Waals surface area (Å²) in [6, 6.07) is 69.4. The van der Waals surface area contributed by atoms with Crippen molar-refractivity contribution in [1.29, 1.82) is 0 Å². The van der Waals surface area contributed by atoms with Crippen LogP contribution in [0.2, 0.25) is 0 Å². The molecule has 0 aliphatic rings. The first-order valence-corrected chi connectivity index (χ1v) is 28.4. The zero-order chi connectivity index (χ0) is 60.0. The molecule has 6 heterocycles. The largest absolute Gasteiger partial charge is 0.656 e. The van der Waals surface area contributed by atoms with Gasteiger partial charge >= 0.3 is 0 Å². The molecule has 0 fully saturated rings. The van der Waals surface area contributed by atoms with E-state index in [4.69, 9.17) is 40.1 Å². The van der Waals surface area contributed by atoms with E-state index in [-0.39, 0.29) is 83.4 Å². The Morgan fingerprint density at radius 1 is 0.326 bits per heavy atom. The fourth-order valence-electron chi connectivity index (χ4n) is 11.3. The summed E-state index contributed by atoms with van der Waals surface area (Å²) in [5.41, 5.74) is 16.3. The van der Waals surface area contributed by atoms with Crippen LogP contribution in [-0.4, -0.2) is 36.7 Å². The standard InChI is InChI=1S/3C22H15N2.2C5H8O2.3Ir/c3*1-14-10-11-18-17-8-4-5-9-19(17)24-22(18)20(14)21-16-7-3-2-6-15(16)12-13-23-21;2*1-4(6)3-5(2)7;;;/h3*2-13H,1H3;2*3,6H,1-2H3;;;/q3*-1;;;;;. The monoisotopic (exact) mass is 1700 g/mol. The summed E-state index contributed by atoms with van der Waals surface area (Å²) in [6.07, 6.45) is 8.00. The first-order chi connectivity index (χ1) is 41.7. The van der Waals surface area contributed by atoms with Crippen LogP contribution in [0.15, 0.2) is 242 Å². The number of carbonyl (C=O) groups is 2. The number of aromatic nitrogens is 6. The molecule has 3 radical (unpaired) electrons. The number of nitrogens with zero attached hydrogens (tertiary/aromatic N) is 6.